The zero-order valence-corrected chi connectivity index (χ0v) is 19.5. The summed E-state index contributed by atoms with van der Waals surface area (Å²) in [5, 5.41) is 6.13. The van der Waals surface area contributed by atoms with Gasteiger partial charge in [0.1, 0.15) is 18.2 Å². The van der Waals surface area contributed by atoms with Gasteiger partial charge in [0, 0.05) is 25.1 Å². The van der Waals surface area contributed by atoms with Gasteiger partial charge in [-0.3, -0.25) is 9.78 Å². The molecule has 0 saturated carbocycles. The third-order valence-electron chi connectivity index (χ3n) is 5.24. The zero-order chi connectivity index (χ0) is 24.5. The highest BCUT2D eigenvalue weighted by Crippen LogP contribution is 2.29. The molecule has 2 heterocycles. The molecule has 0 radical (unpaired) electrons. The fourth-order valence-corrected chi connectivity index (χ4v) is 3.42. The first kappa shape index (κ1) is 23.6. The number of nitrogens with zero attached hydrogens (tertiary/aromatic N) is 2. The predicted octanol–water partition coefficient (Wildman–Crippen LogP) is 4.75. The van der Waals surface area contributed by atoms with Gasteiger partial charge in [-0.05, 0) is 59.7 Å². The molecule has 0 aliphatic carbocycles. The summed E-state index contributed by atoms with van der Waals surface area (Å²) in [5.74, 6) is 2.04. The first-order valence-corrected chi connectivity index (χ1v) is 11.0. The molecule has 0 fully saturated rings. The van der Waals surface area contributed by atoms with E-state index in [1.165, 1.54) is 0 Å². The minimum absolute atomic E-state index is 0.257. The molecule has 35 heavy (non-hydrogen) atoms. The van der Waals surface area contributed by atoms with Crippen LogP contribution in [0.2, 0.25) is 0 Å². The van der Waals surface area contributed by atoms with Crippen molar-refractivity contribution in [1.82, 2.24) is 15.3 Å². The van der Waals surface area contributed by atoms with Crippen LogP contribution in [-0.2, 0) is 13.2 Å². The van der Waals surface area contributed by atoms with Crippen molar-refractivity contribution in [3.63, 3.8) is 0 Å². The number of anilines is 2. The van der Waals surface area contributed by atoms with Crippen LogP contribution >= 0.6 is 0 Å². The van der Waals surface area contributed by atoms with Crippen LogP contribution < -0.4 is 24.8 Å². The summed E-state index contributed by atoms with van der Waals surface area (Å²) in [6, 6.07) is 20.3. The van der Waals surface area contributed by atoms with Gasteiger partial charge in [-0.25, -0.2) is 4.98 Å². The maximum Gasteiger partial charge on any atom is 0.255 e. The molecule has 178 valence electrons. The Balaban J connectivity index is 1.42. The third kappa shape index (κ3) is 6.05. The Hall–Kier alpha value is -4.59. The maximum atomic E-state index is 13.0. The number of pyridine rings is 2. The minimum atomic E-state index is -0.257. The molecule has 0 unspecified atom stereocenters. The van der Waals surface area contributed by atoms with Gasteiger partial charge < -0.3 is 24.8 Å². The first-order chi connectivity index (χ1) is 17.2. The van der Waals surface area contributed by atoms with Crippen molar-refractivity contribution in [2.75, 3.05) is 19.5 Å². The highest BCUT2D eigenvalue weighted by atomic mass is 16.5. The summed E-state index contributed by atoms with van der Waals surface area (Å²) in [6.07, 6.45) is 5.08. The van der Waals surface area contributed by atoms with E-state index >= 15 is 0 Å². The van der Waals surface area contributed by atoms with Gasteiger partial charge in [-0.2, -0.15) is 0 Å². The normalized spacial score (nSPS) is 10.3. The van der Waals surface area contributed by atoms with Gasteiger partial charge in [-0.1, -0.05) is 18.2 Å². The van der Waals surface area contributed by atoms with Gasteiger partial charge >= 0.3 is 0 Å². The van der Waals surface area contributed by atoms with Crippen molar-refractivity contribution in [3.8, 4) is 17.2 Å². The Morgan fingerprint density at radius 1 is 0.829 bits per heavy atom. The maximum absolute atomic E-state index is 13.0. The lowest BCUT2D eigenvalue weighted by molar-refractivity contribution is 0.0951. The molecule has 4 aromatic rings. The molecule has 0 spiro atoms. The summed E-state index contributed by atoms with van der Waals surface area (Å²) in [7, 11) is 3.18. The molecular weight excluding hydrogens is 444 g/mol. The van der Waals surface area contributed by atoms with E-state index in [0.717, 1.165) is 16.8 Å². The predicted molar refractivity (Wildman–Crippen MR) is 133 cm³/mol. The largest absolute Gasteiger partial charge is 0.495 e. The number of ether oxygens (including phenoxy) is 3. The van der Waals surface area contributed by atoms with Crippen LogP contribution in [0.4, 0.5) is 11.5 Å². The topological polar surface area (TPSA) is 94.6 Å². The molecule has 0 atom stereocenters. The van der Waals surface area contributed by atoms with Gasteiger partial charge in [0.05, 0.1) is 25.5 Å². The number of para-hydroxylation sites is 2. The number of rotatable bonds is 10. The van der Waals surface area contributed by atoms with Crippen LogP contribution in [0.3, 0.4) is 0 Å². The second kappa shape index (κ2) is 11.5. The lowest BCUT2D eigenvalue weighted by Gasteiger charge is -2.14. The quantitative estimate of drug-likeness (QED) is 0.345. The second-order valence-electron chi connectivity index (χ2n) is 7.54. The van der Waals surface area contributed by atoms with Crippen LogP contribution in [0.25, 0.3) is 0 Å². The van der Waals surface area contributed by atoms with E-state index in [1.807, 2.05) is 54.6 Å². The van der Waals surface area contributed by atoms with Gasteiger partial charge in [0.25, 0.3) is 5.91 Å². The molecule has 1 amide bonds. The SMILES string of the molecule is COc1ccccc1Nc1ncccc1C(=O)NCc1ccc(OCc2ccncc2)c(OC)c1. The monoisotopic (exact) mass is 470 g/mol. The van der Waals surface area contributed by atoms with E-state index in [2.05, 4.69) is 20.6 Å². The minimum Gasteiger partial charge on any atom is -0.495 e. The van der Waals surface area contributed by atoms with Gasteiger partial charge in [0.15, 0.2) is 11.5 Å². The Bertz CT molecular complexity index is 1280. The summed E-state index contributed by atoms with van der Waals surface area (Å²) >= 11 is 0. The number of carbonyl (C=O) groups excluding carboxylic acids is 1. The van der Waals surface area contributed by atoms with Crippen LogP contribution in [-0.4, -0.2) is 30.1 Å². The van der Waals surface area contributed by atoms with Crippen molar-refractivity contribution < 1.29 is 19.0 Å². The number of methoxy groups -OCH3 is 2. The number of carbonyl (C=O) groups is 1. The van der Waals surface area contributed by atoms with Crippen molar-refractivity contribution in [1.29, 1.82) is 0 Å². The van der Waals surface area contributed by atoms with E-state index in [0.29, 0.717) is 41.8 Å². The summed E-state index contributed by atoms with van der Waals surface area (Å²) in [4.78, 5) is 21.3. The molecule has 8 heteroatoms. The molecule has 0 saturated heterocycles. The third-order valence-corrected chi connectivity index (χ3v) is 5.24. The fourth-order valence-electron chi connectivity index (χ4n) is 3.42. The fraction of sp³-hybridized carbons (Fsp3) is 0.148. The Morgan fingerprint density at radius 3 is 2.43 bits per heavy atom. The van der Waals surface area contributed by atoms with E-state index < -0.39 is 0 Å². The number of hydrogen-bond donors (Lipinski definition) is 2. The number of hydrogen-bond acceptors (Lipinski definition) is 7. The average Bonchev–Trinajstić information content (AvgIpc) is 2.92. The lowest BCUT2D eigenvalue weighted by Crippen LogP contribution is -2.24. The van der Waals surface area contributed by atoms with Crippen molar-refractivity contribution in [2.24, 2.45) is 0 Å². The molecule has 0 bridgehead atoms. The molecule has 2 N–H and O–H groups in total. The number of aromatic nitrogens is 2. The molecule has 8 nitrogen and oxygen atoms in total. The van der Waals surface area contributed by atoms with Gasteiger partial charge in [-0.15, -0.1) is 0 Å². The number of amides is 1. The van der Waals surface area contributed by atoms with Crippen LogP contribution in [0, 0.1) is 0 Å². The average molecular weight is 471 g/mol. The van der Waals surface area contributed by atoms with Crippen molar-refractivity contribution >= 4 is 17.4 Å². The van der Waals surface area contributed by atoms with E-state index in [1.54, 1.807) is 44.9 Å². The molecule has 4 rings (SSSR count). The molecule has 2 aromatic heterocycles. The standard InChI is InChI=1S/C27H26N4O4/c1-33-23-8-4-3-7-22(23)31-26-21(6-5-13-29-26)27(32)30-17-20-9-10-24(25(16-20)34-2)35-18-19-11-14-28-15-12-19/h3-16H,17-18H2,1-2H3,(H,29,31)(H,30,32). The van der Waals surface area contributed by atoms with E-state index in [4.69, 9.17) is 14.2 Å². The van der Waals surface area contributed by atoms with Crippen LogP contribution in [0.15, 0.2) is 85.3 Å². The number of nitrogens with one attached hydrogen (secondary N) is 2. The van der Waals surface area contributed by atoms with Crippen LogP contribution in [0.1, 0.15) is 21.5 Å². The molecule has 0 aliphatic heterocycles. The Morgan fingerprint density at radius 2 is 1.63 bits per heavy atom. The van der Waals surface area contributed by atoms with Crippen molar-refractivity contribution in [2.45, 2.75) is 13.2 Å². The number of benzene rings is 2. The molecule has 2 aromatic carbocycles. The lowest BCUT2D eigenvalue weighted by atomic mass is 10.1. The highest BCUT2D eigenvalue weighted by Gasteiger charge is 2.14. The Kier molecular flexibility index (Phi) is 7.75. The summed E-state index contributed by atoms with van der Waals surface area (Å²) in [5.41, 5.74) is 3.01. The second-order valence-corrected chi connectivity index (χ2v) is 7.54. The highest BCUT2D eigenvalue weighted by molar-refractivity contribution is 5.99. The summed E-state index contributed by atoms with van der Waals surface area (Å²) < 4.78 is 16.8. The van der Waals surface area contributed by atoms with Crippen molar-refractivity contribution in [3.05, 3.63) is 102 Å². The smallest absolute Gasteiger partial charge is 0.255 e. The summed E-state index contributed by atoms with van der Waals surface area (Å²) in [6.45, 7) is 0.709. The first-order valence-electron chi connectivity index (χ1n) is 11.0. The van der Waals surface area contributed by atoms with E-state index in [9.17, 15) is 4.79 Å². The zero-order valence-electron chi connectivity index (χ0n) is 19.5. The Labute approximate surface area is 203 Å². The van der Waals surface area contributed by atoms with E-state index in [-0.39, 0.29) is 5.91 Å². The van der Waals surface area contributed by atoms with Gasteiger partial charge in [0.2, 0.25) is 0 Å². The van der Waals surface area contributed by atoms with Crippen LogP contribution in [0.5, 0.6) is 17.2 Å². The molecule has 0 aliphatic rings. The molecular formula is C27H26N4O4.